The van der Waals surface area contributed by atoms with Gasteiger partial charge in [-0.15, -0.1) is 0 Å². The summed E-state index contributed by atoms with van der Waals surface area (Å²) in [4.78, 5) is 24.7. The van der Waals surface area contributed by atoms with Crippen LogP contribution in [0.3, 0.4) is 0 Å². The average molecular weight is 442 g/mol. The number of hydrogen-bond donors (Lipinski definition) is 1. The van der Waals surface area contributed by atoms with Gasteiger partial charge in [-0.25, -0.2) is 9.97 Å². The van der Waals surface area contributed by atoms with Crippen LogP contribution in [0.1, 0.15) is 49.8 Å². The maximum Gasteiger partial charge on any atom is 0.243 e. The number of fused-ring (bicyclic) bond motifs is 1. The van der Waals surface area contributed by atoms with Crippen molar-refractivity contribution >= 4 is 22.8 Å². The van der Waals surface area contributed by atoms with E-state index in [0.29, 0.717) is 29.5 Å². The van der Waals surface area contributed by atoms with E-state index in [4.69, 9.17) is 9.97 Å². The second-order valence-electron chi connectivity index (χ2n) is 8.75. The molecule has 1 aromatic heterocycles. The number of unbranched alkanes of at least 4 members (excludes halogenated alkanes) is 1. The van der Waals surface area contributed by atoms with Crippen LogP contribution in [0, 0.1) is 17.2 Å². The highest BCUT2D eigenvalue weighted by molar-refractivity contribution is 5.88. The fourth-order valence-electron chi connectivity index (χ4n) is 4.46. The van der Waals surface area contributed by atoms with Crippen molar-refractivity contribution in [1.29, 1.82) is 5.26 Å². The predicted molar refractivity (Wildman–Crippen MR) is 131 cm³/mol. The summed E-state index contributed by atoms with van der Waals surface area (Å²) >= 11 is 0. The van der Waals surface area contributed by atoms with Crippen LogP contribution < -0.4 is 10.2 Å². The molecule has 1 saturated heterocycles. The lowest BCUT2D eigenvalue weighted by atomic mass is 9.90. The Kier molecular flexibility index (Phi) is 7.51. The summed E-state index contributed by atoms with van der Waals surface area (Å²) in [6.45, 7) is 4.32. The first kappa shape index (κ1) is 22.7. The van der Waals surface area contributed by atoms with E-state index < -0.39 is 5.92 Å². The highest BCUT2D eigenvalue weighted by Crippen LogP contribution is 2.31. The van der Waals surface area contributed by atoms with Crippen molar-refractivity contribution in [2.45, 2.75) is 44.9 Å². The summed E-state index contributed by atoms with van der Waals surface area (Å²) in [6.07, 6.45) is 5.03. The number of rotatable bonds is 8. The lowest BCUT2D eigenvalue weighted by Gasteiger charge is -2.34. The number of nitrogens with zero attached hydrogens (tertiary/aromatic N) is 4. The van der Waals surface area contributed by atoms with E-state index in [1.165, 1.54) is 5.56 Å². The number of anilines is 1. The molecule has 1 N–H and O–H groups in total. The molecule has 0 radical (unpaired) electrons. The summed E-state index contributed by atoms with van der Waals surface area (Å²) in [6, 6.07) is 20.5. The van der Waals surface area contributed by atoms with E-state index in [0.717, 1.165) is 50.7 Å². The molecule has 4 rings (SSSR count). The molecule has 0 saturated carbocycles. The minimum Gasteiger partial charge on any atom is -0.355 e. The Morgan fingerprint density at radius 1 is 1.09 bits per heavy atom. The number of carbonyl (C=O) groups excluding carboxylic acids is 1. The zero-order chi connectivity index (χ0) is 23.0. The van der Waals surface area contributed by atoms with Crippen molar-refractivity contribution in [2.24, 2.45) is 5.92 Å². The molecule has 33 heavy (non-hydrogen) atoms. The van der Waals surface area contributed by atoms with Crippen LogP contribution in [-0.2, 0) is 11.2 Å². The van der Waals surface area contributed by atoms with E-state index in [2.05, 4.69) is 53.5 Å². The minimum atomic E-state index is -0.976. The average Bonchev–Trinajstić information content (AvgIpc) is 2.85. The normalized spacial score (nSPS) is 15.2. The number of benzene rings is 2. The van der Waals surface area contributed by atoms with E-state index in [9.17, 15) is 10.1 Å². The Labute approximate surface area is 195 Å². The molecule has 1 amide bonds. The van der Waals surface area contributed by atoms with E-state index in [1.807, 2.05) is 24.3 Å². The van der Waals surface area contributed by atoms with Gasteiger partial charge in [0, 0.05) is 19.6 Å². The Morgan fingerprint density at radius 2 is 1.76 bits per heavy atom. The van der Waals surface area contributed by atoms with Gasteiger partial charge in [0.1, 0.15) is 5.69 Å². The second kappa shape index (κ2) is 10.9. The van der Waals surface area contributed by atoms with Crippen molar-refractivity contribution < 1.29 is 4.79 Å². The third kappa shape index (κ3) is 5.48. The maximum absolute atomic E-state index is 12.9. The summed E-state index contributed by atoms with van der Waals surface area (Å²) in [5, 5.41) is 12.8. The first-order chi connectivity index (χ1) is 16.2. The number of carbonyl (C=O) groups is 1. The quantitative estimate of drug-likeness (QED) is 0.516. The molecule has 3 aromatic rings. The second-order valence-corrected chi connectivity index (χ2v) is 8.75. The summed E-state index contributed by atoms with van der Waals surface area (Å²) in [5.74, 6) is 0.0143. The first-order valence-corrected chi connectivity index (χ1v) is 11.9. The van der Waals surface area contributed by atoms with Gasteiger partial charge in [0.15, 0.2) is 11.7 Å². The van der Waals surface area contributed by atoms with Crippen LogP contribution in [-0.4, -0.2) is 35.5 Å². The summed E-state index contributed by atoms with van der Waals surface area (Å²) in [5.41, 5.74) is 3.32. The van der Waals surface area contributed by atoms with E-state index >= 15 is 0 Å². The third-order valence-corrected chi connectivity index (χ3v) is 6.35. The molecule has 1 aliphatic heterocycles. The van der Waals surface area contributed by atoms with Gasteiger partial charge in [0.2, 0.25) is 5.91 Å². The number of piperidine rings is 1. The third-order valence-electron chi connectivity index (χ3n) is 6.35. The van der Waals surface area contributed by atoms with Crippen molar-refractivity contribution in [1.82, 2.24) is 15.3 Å². The van der Waals surface area contributed by atoms with Crippen molar-refractivity contribution in [2.75, 3.05) is 24.5 Å². The lowest BCUT2D eigenvalue weighted by molar-refractivity contribution is -0.121. The maximum atomic E-state index is 12.9. The molecule has 2 aromatic carbocycles. The van der Waals surface area contributed by atoms with Crippen LogP contribution in [0.15, 0.2) is 54.6 Å². The number of para-hydroxylation sites is 2. The Morgan fingerprint density at radius 3 is 2.42 bits per heavy atom. The first-order valence-electron chi connectivity index (χ1n) is 11.9. The molecule has 2 heterocycles. The number of nitriles is 1. The Hall–Kier alpha value is -3.46. The van der Waals surface area contributed by atoms with Crippen LogP contribution in [0.4, 0.5) is 5.82 Å². The van der Waals surface area contributed by atoms with Gasteiger partial charge >= 0.3 is 0 Å². The van der Waals surface area contributed by atoms with Crippen molar-refractivity contribution in [3.63, 3.8) is 0 Å². The summed E-state index contributed by atoms with van der Waals surface area (Å²) < 4.78 is 0. The molecule has 6 heteroatoms. The molecule has 1 aliphatic rings. The molecule has 1 atom stereocenters. The van der Waals surface area contributed by atoms with Gasteiger partial charge in [-0.3, -0.25) is 4.79 Å². The molecule has 170 valence electrons. The van der Waals surface area contributed by atoms with Crippen LogP contribution in [0.2, 0.25) is 0 Å². The highest BCUT2D eigenvalue weighted by Gasteiger charge is 2.30. The van der Waals surface area contributed by atoms with Crippen LogP contribution in [0.25, 0.3) is 11.0 Å². The van der Waals surface area contributed by atoms with Crippen molar-refractivity contribution in [3.8, 4) is 6.07 Å². The number of hydrogen-bond acceptors (Lipinski definition) is 5. The van der Waals surface area contributed by atoms with E-state index in [1.54, 1.807) is 0 Å². The molecule has 1 fully saturated rings. The monoisotopic (exact) mass is 441 g/mol. The highest BCUT2D eigenvalue weighted by atomic mass is 16.1. The lowest BCUT2D eigenvalue weighted by Crippen LogP contribution is -2.37. The van der Waals surface area contributed by atoms with Crippen molar-refractivity contribution in [3.05, 3.63) is 65.9 Å². The Bertz CT molecular complexity index is 1120. The smallest absolute Gasteiger partial charge is 0.243 e. The van der Waals surface area contributed by atoms with Gasteiger partial charge in [0.05, 0.1) is 17.1 Å². The fraction of sp³-hybridized carbons (Fsp3) is 0.407. The van der Waals surface area contributed by atoms with Crippen LogP contribution in [0.5, 0.6) is 0 Å². The molecular weight excluding hydrogens is 410 g/mol. The van der Waals surface area contributed by atoms with Gasteiger partial charge in [-0.05, 0) is 49.3 Å². The summed E-state index contributed by atoms with van der Waals surface area (Å²) in [7, 11) is 0. The van der Waals surface area contributed by atoms with Gasteiger partial charge < -0.3 is 10.2 Å². The molecule has 0 bridgehead atoms. The zero-order valence-electron chi connectivity index (χ0n) is 19.2. The van der Waals surface area contributed by atoms with Crippen LogP contribution >= 0.6 is 0 Å². The van der Waals surface area contributed by atoms with Gasteiger partial charge in [0.25, 0.3) is 0 Å². The number of aromatic nitrogens is 2. The fourth-order valence-corrected chi connectivity index (χ4v) is 4.46. The van der Waals surface area contributed by atoms with E-state index in [-0.39, 0.29) is 5.91 Å². The molecule has 1 unspecified atom stereocenters. The number of amides is 1. The predicted octanol–water partition coefficient (Wildman–Crippen LogP) is 4.61. The van der Waals surface area contributed by atoms with Gasteiger partial charge in [-0.1, -0.05) is 55.8 Å². The molecule has 0 aliphatic carbocycles. The largest absolute Gasteiger partial charge is 0.355 e. The SMILES string of the molecule is CCCCNC(=O)C(C#N)c1nc2ccccc2nc1N1CCC(Cc2ccccc2)CC1. The zero-order valence-corrected chi connectivity index (χ0v) is 19.2. The van der Waals surface area contributed by atoms with Gasteiger partial charge in [-0.2, -0.15) is 5.26 Å². The molecular formula is C27H31N5O. The number of nitrogens with one attached hydrogen (secondary N) is 1. The standard InChI is InChI=1S/C27H31N5O/c1-2-3-15-29-27(33)22(19-28)25-26(31-24-12-8-7-11-23(24)30-25)32-16-13-21(14-17-32)18-20-9-5-4-6-10-20/h4-12,21-22H,2-3,13-18H2,1H3,(H,29,33). The topological polar surface area (TPSA) is 81.9 Å². The molecule has 0 spiro atoms. The Balaban J connectivity index is 1.57. The molecule has 6 nitrogen and oxygen atoms in total. The minimum absolute atomic E-state index is 0.296.